The van der Waals surface area contributed by atoms with Gasteiger partial charge in [-0.05, 0) is 19.1 Å². The van der Waals surface area contributed by atoms with Gasteiger partial charge in [0, 0.05) is 17.5 Å². The minimum atomic E-state index is -0.206. The van der Waals surface area contributed by atoms with Crippen LogP contribution in [0.15, 0.2) is 76.5 Å². The third-order valence-electron chi connectivity index (χ3n) is 4.57. The lowest BCUT2D eigenvalue weighted by molar-refractivity contribution is -0.113. The van der Waals surface area contributed by atoms with Crippen LogP contribution in [-0.2, 0) is 11.3 Å². The molecule has 2 heterocycles. The van der Waals surface area contributed by atoms with Crippen LogP contribution in [0.1, 0.15) is 5.56 Å². The number of para-hydroxylation sites is 1. The van der Waals surface area contributed by atoms with E-state index in [1.165, 1.54) is 33.2 Å². The molecule has 0 saturated heterocycles. The van der Waals surface area contributed by atoms with Crippen LogP contribution in [-0.4, -0.2) is 26.2 Å². The molecule has 0 atom stereocenters. The Bertz CT molecular complexity index is 1310. The molecule has 8 heteroatoms. The number of benzene rings is 2. The molecule has 4 aromatic rings. The number of fused-ring (bicyclic) bond motifs is 1. The summed E-state index contributed by atoms with van der Waals surface area (Å²) in [5, 5.41) is 6.31. The normalized spacial score (nSPS) is 10.9. The van der Waals surface area contributed by atoms with Crippen molar-refractivity contribution in [1.82, 2.24) is 14.5 Å². The number of carbonyl (C=O) groups is 1. The Kier molecular flexibility index (Phi) is 6.29. The van der Waals surface area contributed by atoms with E-state index in [2.05, 4.69) is 21.9 Å². The summed E-state index contributed by atoms with van der Waals surface area (Å²) < 4.78 is 1.53. The van der Waals surface area contributed by atoms with Gasteiger partial charge in [-0.15, -0.1) is 17.9 Å². The zero-order chi connectivity index (χ0) is 21.8. The molecule has 2 aromatic carbocycles. The van der Waals surface area contributed by atoms with E-state index in [0.717, 1.165) is 11.3 Å². The Morgan fingerprint density at radius 3 is 2.74 bits per heavy atom. The maximum absolute atomic E-state index is 12.8. The van der Waals surface area contributed by atoms with Gasteiger partial charge < -0.3 is 5.32 Å². The molecule has 0 saturated carbocycles. The molecular formula is C23H20N4O2S2. The molecule has 4 rings (SSSR count). The number of carbonyl (C=O) groups excluding carboxylic acids is 1. The van der Waals surface area contributed by atoms with E-state index in [-0.39, 0.29) is 17.2 Å². The summed E-state index contributed by atoms with van der Waals surface area (Å²) in [6, 6.07) is 15.3. The highest BCUT2D eigenvalue weighted by molar-refractivity contribution is 7.99. The number of allylic oxidation sites excluding steroid dienone is 1. The van der Waals surface area contributed by atoms with Gasteiger partial charge >= 0.3 is 0 Å². The minimum absolute atomic E-state index is 0.112. The van der Waals surface area contributed by atoms with Crippen molar-refractivity contribution in [1.29, 1.82) is 0 Å². The number of aryl methyl sites for hydroxylation is 1. The van der Waals surface area contributed by atoms with Crippen molar-refractivity contribution in [2.75, 3.05) is 11.1 Å². The molecule has 0 unspecified atom stereocenters. The van der Waals surface area contributed by atoms with Gasteiger partial charge in [-0.1, -0.05) is 59.8 Å². The third-order valence-corrected chi connectivity index (χ3v) is 6.30. The summed E-state index contributed by atoms with van der Waals surface area (Å²) in [6.07, 6.45) is 1.64. The number of hydrogen-bond acceptors (Lipinski definition) is 6. The second kappa shape index (κ2) is 9.28. The zero-order valence-electron chi connectivity index (χ0n) is 16.9. The predicted molar refractivity (Wildman–Crippen MR) is 128 cm³/mol. The van der Waals surface area contributed by atoms with Crippen LogP contribution in [0.4, 0.5) is 5.13 Å². The van der Waals surface area contributed by atoms with E-state index >= 15 is 0 Å². The molecule has 0 aliphatic rings. The van der Waals surface area contributed by atoms with Crippen LogP contribution in [0.3, 0.4) is 0 Å². The molecule has 6 nitrogen and oxygen atoms in total. The van der Waals surface area contributed by atoms with Gasteiger partial charge in [-0.25, -0.2) is 9.97 Å². The van der Waals surface area contributed by atoms with E-state index in [4.69, 9.17) is 0 Å². The lowest BCUT2D eigenvalue weighted by atomic mass is 10.1. The van der Waals surface area contributed by atoms with Gasteiger partial charge in [0.05, 0.1) is 22.3 Å². The van der Waals surface area contributed by atoms with E-state index in [1.807, 2.05) is 48.7 Å². The third kappa shape index (κ3) is 4.76. The van der Waals surface area contributed by atoms with Crippen molar-refractivity contribution in [3.8, 4) is 11.3 Å². The van der Waals surface area contributed by atoms with E-state index in [0.29, 0.717) is 27.7 Å². The summed E-state index contributed by atoms with van der Waals surface area (Å²) in [4.78, 5) is 34.3. The number of rotatable bonds is 7. The van der Waals surface area contributed by atoms with Gasteiger partial charge in [0.1, 0.15) is 0 Å². The number of thioether (sulfide) groups is 1. The lowest BCUT2D eigenvalue weighted by Crippen LogP contribution is -2.23. The highest BCUT2D eigenvalue weighted by atomic mass is 32.2. The maximum Gasteiger partial charge on any atom is 0.262 e. The molecule has 1 amide bonds. The fraction of sp³-hybridized carbons (Fsp3) is 0.130. The largest absolute Gasteiger partial charge is 0.301 e. The number of aromatic nitrogens is 3. The second-order valence-corrected chi connectivity index (χ2v) is 8.66. The summed E-state index contributed by atoms with van der Waals surface area (Å²) in [7, 11) is 0. The van der Waals surface area contributed by atoms with Gasteiger partial charge in [0.15, 0.2) is 10.3 Å². The molecule has 31 heavy (non-hydrogen) atoms. The number of amides is 1. The first-order chi connectivity index (χ1) is 15.0. The second-order valence-electron chi connectivity index (χ2n) is 6.86. The highest BCUT2D eigenvalue weighted by Gasteiger charge is 2.14. The van der Waals surface area contributed by atoms with Crippen molar-refractivity contribution in [2.24, 2.45) is 0 Å². The lowest BCUT2D eigenvalue weighted by Gasteiger charge is -2.11. The number of hydrogen-bond donors (Lipinski definition) is 1. The van der Waals surface area contributed by atoms with Crippen molar-refractivity contribution >= 4 is 45.0 Å². The fourth-order valence-electron chi connectivity index (χ4n) is 3.02. The number of nitrogens with zero attached hydrogens (tertiary/aromatic N) is 3. The molecule has 0 bridgehead atoms. The predicted octanol–water partition coefficient (Wildman–Crippen LogP) is 4.75. The first-order valence-electron chi connectivity index (χ1n) is 9.61. The average molecular weight is 449 g/mol. The number of nitrogens with one attached hydrogen (secondary N) is 1. The molecule has 0 aliphatic carbocycles. The van der Waals surface area contributed by atoms with Gasteiger partial charge in [-0.2, -0.15) is 0 Å². The van der Waals surface area contributed by atoms with E-state index < -0.39 is 0 Å². The molecule has 0 aliphatic heterocycles. The number of thiazole rings is 1. The Balaban J connectivity index is 1.47. The molecule has 156 valence electrons. The number of anilines is 1. The summed E-state index contributed by atoms with van der Waals surface area (Å²) in [5.41, 5.74) is 3.48. The van der Waals surface area contributed by atoms with Crippen LogP contribution in [0.25, 0.3) is 22.2 Å². The first kappa shape index (κ1) is 21.0. The first-order valence-corrected chi connectivity index (χ1v) is 11.5. The Morgan fingerprint density at radius 1 is 1.19 bits per heavy atom. The van der Waals surface area contributed by atoms with Gasteiger partial charge in [-0.3, -0.25) is 14.2 Å². The van der Waals surface area contributed by atoms with Gasteiger partial charge in [0.25, 0.3) is 5.56 Å². The van der Waals surface area contributed by atoms with Crippen molar-refractivity contribution in [3.63, 3.8) is 0 Å². The van der Waals surface area contributed by atoms with E-state index in [1.54, 1.807) is 18.2 Å². The molecule has 0 spiro atoms. The summed E-state index contributed by atoms with van der Waals surface area (Å²) in [6.45, 7) is 6.08. The topological polar surface area (TPSA) is 76.9 Å². The fourth-order valence-corrected chi connectivity index (χ4v) is 4.57. The summed E-state index contributed by atoms with van der Waals surface area (Å²) in [5.74, 6) is -0.0937. The molecule has 0 radical (unpaired) electrons. The Morgan fingerprint density at radius 2 is 1.97 bits per heavy atom. The Labute approximate surface area is 187 Å². The van der Waals surface area contributed by atoms with Crippen molar-refractivity contribution < 1.29 is 4.79 Å². The molecule has 2 aromatic heterocycles. The van der Waals surface area contributed by atoms with Crippen LogP contribution in [0, 0.1) is 6.92 Å². The average Bonchev–Trinajstić information content (AvgIpc) is 3.23. The van der Waals surface area contributed by atoms with E-state index in [9.17, 15) is 9.59 Å². The van der Waals surface area contributed by atoms with Crippen molar-refractivity contribution in [3.05, 3.63) is 82.5 Å². The van der Waals surface area contributed by atoms with Gasteiger partial charge in [0.2, 0.25) is 5.91 Å². The van der Waals surface area contributed by atoms with Crippen LogP contribution in [0.2, 0.25) is 0 Å². The quantitative estimate of drug-likeness (QED) is 0.251. The Hall–Kier alpha value is -3.23. The SMILES string of the molecule is C=CCn1c(SCC(=O)Nc2nc(-c3ccc(C)cc3)cs2)nc2ccccc2c1=O. The van der Waals surface area contributed by atoms with Crippen LogP contribution in [0.5, 0.6) is 0 Å². The van der Waals surface area contributed by atoms with Crippen molar-refractivity contribution in [2.45, 2.75) is 18.6 Å². The molecular weight excluding hydrogens is 428 g/mol. The zero-order valence-corrected chi connectivity index (χ0v) is 18.5. The minimum Gasteiger partial charge on any atom is -0.301 e. The monoisotopic (exact) mass is 448 g/mol. The standard InChI is InChI=1S/C23H20N4O2S2/c1-3-12-27-21(29)17-6-4-5-7-18(17)25-23(27)31-14-20(28)26-22-24-19(13-30-22)16-10-8-15(2)9-11-16/h3-11,13H,1,12,14H2,2H3,(H,24,26,28). The smallest absolute Gasteiger partial charge is 0.262 e. The highest BCUT2D eigenvalue weighted by Crippen LogP contribution is 2.25. The molecule has 0 fully saturated rings. The summed E-state index contributed by atoms with van der Waals surface area (Å²) >= 11 is 2.59. The van der Waals surface area contributed by atoms with Crippen LogP contribution < -0.4 is 10.9 Å². The molecule has 1 N–H and O–H groups in total. The maximum atomic E-state index is 12.8. The van der Waals surface area contributed by atoms with Crippen LogP contribution >= 0.6 is 23.1 Å².